The molecule has 0 aliphatic heterocycles. The van der Waals surface area contributed by atoms with Crippen LogP contribution in [0.4, 0.5) is 0 Å². The van der Waals surface area contributed by atoms with Gasteiger partial charge in [-0.2, -0.15) is 0 Å². The van der Waals surface area contributed by atoms with Crippen LogP contribution in [0.2, 0.25) is 0 Å². The van der Waals surface area contributed by atoms with Gasteiger partial charge in [0.05, 0.1) is 0 Å². The van der Waals surface area contributed by atoms with Gasteiger partial charge in [0.15, 0.2) is 0 Å². The summed E-state index contributed by atoms with van der Waals surface area (Å²) in [5.74, 6) is 2.49. The predicted octanol–water partition coefficient (Wildman–Crippen LogP) is 5.58. The molecule has 2 aromatic rings. The average molecular weight is 336 g/mol. The van der Waals surface area contributed by atoms with Gasteiger partial charge in [0.25, 0.3) is 0 Å². The van der Waals surface area contributed by atoms with Crippen LogP contribution in [0.15, 0.2) is 59.1 Å². The molecule has 98 valence electrons. The highest BCUT2D eigenvalue weighted by Crippen LogP contribution is 2.55. The lowest BCUT2D eigenvalue weighted by atomic mass is 9.93. The molecule has 3 unspecified atom stereocenters. The topological polar surface area (TPSA) is 0 Å². The van der Waals surface area contributed by atoms with Crippen LogP contribution < -0.4 is 0 Å². The van der Waals surface area contributed by atoms with Crippen LogP contribution in [-0.4, -0.2) is 5.88 Å². The maximum absolute atomic E-state index is 6.24. The monoisotopic (exact) mass is 334 g/mol. The third-order valence-corrected chi connectivity index (χ3v) is 5.11. The van der Waals surface area contributed by atoms with Gasteiger partial charge < -0.3 is 0 Å². The Morgan fingerprint density at radius 2 is 1.74 bits per heavy atom. The minimum Gasteiger partial charge on any atom is -0.126 e. The van der Waals surface area contributed by atoms with Crippen molar-refractivity contribution >= 4 is 27.5 Å². The maximum atomic E-state index is 6.24. The van der Waals surface area contributed by atoms with E-state index >= 15 is 0 Å². The van der Waals surface area contributed by atoms with Crippen molar-refractivity contribution < 1.29 is 0 Å². The Balaban J connectivity index is 1.81. The Kier molecular flexibility index (Phi) is 3.95. The van der Waals surface area contributed by atoms with E-state index in [-0.39, 0.29) is 0 Å². The van der Waals surface area contributed by atoms with E-state index in [2.05, 4.69) is 70.5 Å². The first-order valence-electron chi connectivity index (χ1n) is 6.66. The SMILES string of the molecule is ClCC(c1ccccc1Br)C1CC1c1ccccc1. The maximum Gasteiger partial charge on any atom is 0.0295 e. The average Bonchev–Trinajstić information content (AvgIpc) is 3.23. The lowest BCUT2D eigenvalue weighted by Gasteiger charge is -2.16. The summed E-state index contributed by atoms with van der Waals surface area (Å²) in [6.45, 7) is 0. The van der Waals surface area contributed by atoms with Gasteiger partial charge in [0.2, 0.25) is 0 Å². The Morgan fingerprint density at radius 3 is 2.42 bits per heavy atom. The molecule has 0 N–H and O–H groups in total. The molecule has 1 fully saturated rings. The molecule has 2 heteroatoms. The van der Waals surface area contributed by atoms with E-state index < -0.39 is 0 Å². The molecule has 0 amide bonds. The van der Waals surface area contributed by atoms with E-state index in [4.69, 9.17) is 11.6 Å². The highest BCUT2D eigenvalue weighted by Gasteiger charge is 2.44. The van der Waals surface area contributed by atoms with Gasteiger partial charge in [-0.15, -0.1) is 11.6 Å². The van der Waals surface area contributed by atoms with Gasteiger partial charge in [-0.1, -0.05) is 64.5 Å². The van der Waals surface area contributed by atoms with Crippen LogP contribution in [0.25, 0.3) is 0 Å². The van der Waals surface area contributed by atoms with Crippen molar-refractivity contribution in [2.24, 2.45) is 5.92 Å². The summed E-state index contributed by atoms with van der Waals surface area (Å²) in [5, 5.41) is 0. The fourth-order valence-electron chi connectivity index (χ4n) is 2.95. The molecule has 1 saturated carbocycles. The second-order valence-corrected chi connectivity index (χ2v) is 6.36. The van der Waals surface area contributed by atoms with Crippen LogP contribution in [-0.2, 0) is 0 Å². The van der Waals surface area contributed by atoms with E-state index in [9.17, 15) is 0 Å². The fraction of sp³-hybridized carbons (Fsp3) is 0.294. The van der Waals surface area contributed by atoms with Crippen molar-refractivity contribution in [2.75, 3.05) is 5.88 Å². The second kappa shape index (κ2) is 5.68. The molecule has 0 aromatic heterocycles. The quantitative estimate of drug-likeness (QED) is 0.640. The molecule has 0 spiro atoms. The number of hydrogen-bond donors (Lipinski definition) is 0. The lowest BCUT2D eigenvalue weighted by molar-refractivity contribution is 0.647. The molecule has 0 radical (unpaired) electrons. The molecule has 1 aliphatic carbocycles. The minimum atomic E-state index is 0.447. The first-order valence-corrected chi connectivity index (χ1v) is 7.99. The van der Waals surface area contributed by atoms with Gasteiger partial charge >= 0.3 is 0 Å². The number of hydrogen-bond acceptors (Lipinski definition) is 0. The van der Waals surface area contributed by atoms with Crippen molar-refractivity contribution in [3.05, 3.63) is 70.2 Å². The van der Waals surface area contributed by atoms with Crippen molar-refractivity contribution in [2.45, 2.75) is 18.3 Å². The summed E-state index contributed by atoms with van der Waals surface area (Å²) >= 11 is 9.89. The van der Waals surface area contributed by atoms with Crippen molar-refractivity contribution in [1.82, 2.24) is 0 Å². The molecule has 0 bridgehead atoms. The first-order chi connectivity index (χ1) is 9.31. The summed E-state index contributed by atoms with van der Waals surface area (Å²) in [4.78, 5) is 0. The molecule has 0 nitrogen and oxygen atoms in total. The highest BCUT2D eigenvalue weighted by molar-refractivity contribution is 9.10. The minimum absolute atomic E-state index is 0.447. The summed E-state index contributed by atoms with van der Waals surface area (Å²) in [5.41, 5.74) is 2.80. The Labute approximate surface area is 127 Å². The van der Waals surface area contributed by atoms with Crippen LogP contribution in [0.1, 0.15) is 29.4 Å². The summed E-state index contributed by atoms with van der Waals surface area (Å²) in [6, 6.07) is 19.2. The molecule has 1 aliphatic rings. The highest BCUT2D eigenvalue weighted by atomic mass is 79.9. The zero-order valence-electron chi connectivity index (χ0n) is 10.6. The van der Waals surface area contributed by atoms with Crippen LogP contribution in [0.5, 0.6) is 0 Å². The van der Waals surface area contributed by atoms with E-state index in [0.29, 0.717) is 23.6 Å². The molecule has 0 saturated heterocycles. The molecule has 0 heterocycles. The van der Waals surface area contributed by atoms with Gasteiger partial charge in [-0.05, 0) is 35.4 Å². The third-order valence-electron chi connectivity index (χ3n) is 4.06. The molecule has 19 heavy (non-hydrogen) atoms. The standard InChI is InChI=1S/C17H16BrCl/c18-17-9-5-4-8-13(17)16(11-19)15-10-14(15)12-6-2-1-3-7-12/h1-9,14-16H,10-11H2. The first kappa shape index (κ1) is 13.2. The zero-order chi connectivity index (χ0) is 13.2. The van der Waals surface area contributed by atoms with Gasteiger partial charge in [-0.25, -0.2) is 0 Å². The molecule has 3 atom stereocenters. The Hall–Kier alpha value is -0.790. The Morgan fingerprint density at radius 1 is 1.05 bits per heavy atom. The lowest BCUT2D eigenvalue weighted by Crippen LogP contribution is -2.05. The van der Waals surface area contributed by atoms with Crippen molar-refractivity contribution in [3.8, 4) is 0 Å². The van der Waals surface area contributed by atoms with Gasteiger partial charge in [0, 0.05) is 16.3 Å². The largest absolute Gasteiger partial charge is 0.126 e. The second-order valence-electron chi connectivity index (χ2n) is 5.20. The number of halogens is 2. The smallest absolute Gasteiger partial charge is 0.0295 e. The van der Waals surface area contributed by atoms with E-state index in [1.54, 1.807) is 0 Å². The predicted molar refractivity (Wildman–Crippen MR) is 84.9 cm³/mol. The zero-order valence-corrected chi connectivity index (χ0v) is 12.9. The van der Waals surface area contributed by atoms with Crippen molar-refractivity contribution in [3.63, 3.8) is 0 Å². The summed E-state index contributed by atoms with van der Waals surface area (Å²) in [7, 11) is 0. The molecular weight excluding hydrogens is 320 g/mol. The number of rotatable bonds is 4. The van der Waals surface area contributed by atoms with Crippen LogP contribution in [0.3, 0.4) is 0 Å². The third kappa shape index (κ3) is 2.73. The summed E-state index contributed by atoms with van der Waals surface area (Å²) in [6.07, 6.45) is 1.25. The molecule has 3 rings (SSSR count). The normalized spacial score (nSPS) is 23.1. The van der Waals surface area contributed by atoms with Crippen molar-refractivity contribution in [1.29, 1.82) is 0 Å². The Bertz CT molecular complexity index is 552. The van der Waals surface area contributed by atoms with Crippen LogP contribution in [0, 0.1) is 5.92 Å². The fourth-order valence-corrected chi connectivity index (χ4v) is 3.92. The van der Waals surface area contributed by atoms with E-state index in [1.807, 2.05) is 0 Å². The van der Waals surface area contributed by atoms with E-state index in [1.165, 1.54) is 22.0 Å². The van der Waals surface area contributed by atoms with Gasteiger partial charge in [-0.3, -0.25) is 0 Å². The van der Waals surface area contributed by atoms with Crippen LogP contribution >= 0.6 is 27.5 Å². The van der Waals surface area contributed by atoms with E-state index in [0.717, 1.165) is 0 Å². The number of alkyl halides is 1. The summed E-state index contributed by atoms with van der Waals surface area (Å²) < 4.78 is 1.18. The molecular formula is C17H16BrCl. The van der Waals surface area contributed by atoms with Gasteiger partial charge in [0.1, 0.15) is 0 Å². The number of benzene rings is 2. The molecule has 2 aromatic carbocycles.